The van der Waals surface area contributed by atoms with Crippen LogP contribution in [0.15, 0.2) is 34.5 Å². The first-order valence-electron chi connectivity index (χ1n) is 6.62. The Morgan fingerprint density at radius 1 is 1.30 bits per heavy atom. The molecule has 0 atom stereocenters. The average Bonchev–Trinajstić information content (AvgIpc) is 2.93. The third kappa shape index (κ3) is 5.58. The summed E-state index contributed by atoms with van der Waals surface area (Å²) in [6.07, 6.45) is 1.82. The van der Waals surface area contributed by atoms with Gasteiger partial charge in [0.25, 0.3) is 5.91 Å². The summed E-state index contributed by atoms with van der Waals surface area (Å²) in [6, 6.07) is 6.41. The molecule has 6 nitrogen and oxygen atoms in total. The van der Waals surface area contributed by atoms with Crippen molar-refractivity contribution in [3.05, 3.63) is 45.9 Å². The molecule has 0 fully saturated rings. The molecule has 0 radical (unpaired) electrons. The number of amides is 1. The fourth-order valence-corrected chi connectivity index (χ4v) is 3.21. The van der Waals surface area contributed by atoms with E-state index in [2.05, 4.69) is 10.3 Å². The normalized spacial score (nSPS) is 10.9. The van der Waals surface area contributed by atoms with E-state index in [4.69, 9.17) is 5.73 Å². The molecule has 0 unspecified atom stereocenters. The molecule has 0 saturated heterocycles. The minimum atomic E-state index is -3.20. The number of thiazole rings is 1. The molecule has 0 bridgehead atoms. The van der Waals surface area contributed by atoms with Gasteiger partial charge in [0.2, 0.25) is 0 Å². The molecule has 9 heteroatoms. The molecule has 0 aliphatic carbocycles. The van der Waals surface area contributed by atoms with Gasteiger partial charge < -0.3 is 11.1 Å². The third-order valence-electron chi connectivity index (χ3n) is 2.95. The quantitative estimate of drug-likeness (QED) is 0.794. The summed E-state index contributed by atoms with van der Waals surface area (Å²) in [4.78, 5) is 16.4. The van der Waals surface area contributed by atoms with Crippen molar-refractivity contribution < 1.29 is 13.2 Å². The van der Waals surface area contributed by atoms with Gasteiger partial charge in [-0.15, -0.1) is 23.7 Å². The van der Waals surface area contributed by atoms with Crippen LogP contribution in [0.1, 0.15) is 21.1 Å². The van der Waals surface area contributed by atoms with Crippen molar-refractivity contribution in [3.8, 4) is 0 Å². The predicted octanol–water partition coefficient (Wildman–Crippen LogP) is 1.40. The van der Waals surface area contributed by atoms with Crippen molar-refractivity contribution >= 4 is 39.5 Å². The minimum absolute atomic E-state index is 0. The number of nitrogens with two attached hydrogens (primary N) is 1. The van der Waals surface area contributed by atoms with E-state index in [1.54, 1.807) is 17.5 Å². The van der Waals surface area contributed by atoms with Crippen molar-refractivity contribution in [2.24, 2.45) is 5.73 Å². The molecule has 1 heterocycles. The predicted molar refractivity (Wildman–Crippen MR) is 92.8 cm³/mol. The molecule has 1 amide bonds. The minimum Gasteiger partial charge on any atom is -0.347 e. The number of hydrogen-bond acceptors (Lipinski definition) is 6. The van der Waals surface area contributed by atoms with Crippen LogP contribution < -0.4 is 11.1 Å². The maximum Gasteiger partial charge on any atom is 0.271 e. The maximum absolute atomic E-state index is 12.0. The highest BCUT2D eigenvalue weighted by Crippen LogP contribution is 2.12. The second kappa shape index (κ2) is 8.39. The first-order chi connectivity index (χ1) is 10.4. The fraction of sp³-hybridized carbons (Fsp3) is 0.286. The molecule has 2 aromatic rings. The Balaban J connectivity index is 0.00000264. The van der Waals surface area contributed by atoms with Gasteiger partial charge in [0, 0.05) is 24.6 Å². The Morgan fingerprint density at radius 3 is 2.52 bits per heavy atom. The lowest BCUT2D eigenvalue weighted by molar-refractivity contribution is 0.0946. The monoisotopic (exact) mass is 375 g/mol. The maximum atomic E-state index is 12.0. The highest BCUT2D eigenvalue weighted by Gasteiger charge is 2.11. The van der Waals surface area contributed by atoms with Gasteiger partial charge in [-0.05, 0) is 24.2 Å². The topological polar surface area (TPSA) is 102 Å². The van der Waals surface area contributed by atoms with Crippen LogP contribution in [0.5, 0.6) is 0 Å². The van der Waals surface area contributed by atoms with Gasteiger partial charge in [0.1, 0.15) is 5.69 Å². The molecule has 1 aromatic heterocycles. The zero-order chi connectivity index (χ0) is 16.2. The van der Waals surface area contributed by atoms with E-state index in [1.165, 1.54) is 23.5 Å². The van der Waals surface area contributed by atoms with Gasteiger partial charge in [-0.25, -0.2) is 13.4 Å². The number of aromatic nitrogens is 1. The van der Waals surface area contributed by atoms with E-state index in [1.807, 2.05) is 0 Å². The fourth-order valence-electron chi connectivity index (χ4n) is 1.78. The molecular weight excluding hydrogens is 358 g/mol. The smallest absolute Gasteiger partial charge is 0.271 e. The second-order valence-corrected chi connectivity index (χ2v) is 7.72. The summed E-state index contributed by atoms with van der Waals surface area (Å²) >= 11 is 1.41. The largest absolute Gasteiger partial charge is 0.347 e. The lowest BCUT2D eigenvalue weighted by Crippen LogP contribution is -2.23. The van der Waals surface area contributed by atoms with Crippen LogP contribution in [0.4, 0.5) is 0 Å². The summed E-state index contributed by atoms with van der Waals surface area (Å²) in [5.74, 6) is -0.258. The second-order valence-electron chi connectivity index (χ2n) is 4.76. The van der Waals surface area contributed by atoms with Crippen LogP contribution >= 0.6 is 23.7 Å². The zero-order valence-corrected chi connectivity index (χ0v) is 14.9. The Bertz CT molecular complexity index is 758. The molecule has 126 valence electrons. The molecule has 0 spiro atoms. The number of carbonyl (C=O) groups is 1. The first-order valence-corrected chi connectivity index (χ1v) is 9.39. The Kier molecular flexibility index (Phi) is 7.14. The molecule has 0 saturated carbocycles. The summed E-state index contributed by atoms with van der Waals surface area (Å²) in [7, 11) is -3.20. The third-order valence-corrected chi connectivity index (χ3v) is 4.98. The number of nitrogens with zero attached hydrogens (tertiary/aromatic N) is 1. The number of halogens is 1. The van der Waals surface area contributed by atoms with Crippen LogP contribution in [0, 0.1) is 0 Å². The van der Waals surface area contributed by atoms with Crippen molar-refractivity contribution in [2.75, 3.05) is 12.8 Å². The Labute approximate surface area is 145 Å². The summed E-state index contributed by atoms with van der Waals surface area (Å²) in [6.45, 7) is 0.813. The van der Waals surface area contributed by atoms with Gasteiger partial charge in [0.15, 0.2) is 9.84 Å². The lowest BCUT2D eigenvalue weighted by Gasteiger charge is -2.04. The molecule has 0 aliphatic heterocycles. The van der Waals surface area contributed by atoms with Crippen molar-refractivity contribution in [2.45, 2.75) is 17.9 Å². The van der Waals surface area contributed by atoms with Gasteiger partial charge in [-0.3, -0.25) is 4.79 Å². The number of carbonyl (C=O) groups excluding carboxylic acids is 1. The van der Waals surface area contributed by atoms with E-state index < -0.39 is 9.84 Å². The van der Waals surface area contributed by atoms with Gasteiger partial charge >= 0.3 is 0 Å². The SMILES string of the molecule is CS(=O)(=O)c1ccc(CNC(=O)c2csc(CCN)n2)cc1.Cl. The molecular formula is C14H18ClN3O3S2. The molecule has 1 aromatic carbocycles. The number of rotatable bonds is 6. The van der Waals surface area contributed by atoms with Crippen molar-refractivity contribution in [3.63, 3.8) is 0 Å². The first kappa shape index (κ1) is 19.6. The van der Waals surface area contributed by atoms with Crippen molar-refractivity contribution in [1.29, 1.82) is 0 Å². The van der Waals surface area contributed by atoms with Gasteiger partial charge in [-0.2, -0.15) is 0 Å². The summed E-state index contributed by atoms with van der Waals surface area (Å²) in [5.41, 5.74) is 6.64. The highest BCUT2D eigenvalue weighted by atomic mass is 35.5. The molecule has 3 N–H and O–H groups in total. The summed E-state index contributed by atoms with van der Waals surface area (Å²) in [5, 5.41) is 5.29. The van der Waals surface area contributed by atoms with Crippen LogP contribution in [0.3, 0.4) is 0 Å². The van der Waals surface area contributed by atoms with E-state index in [0.29, 0.717) is 25.2 Å². The number of sulfone groups is 1. The Morgan fingerprint density at radius 2 is 1.96 bits per heavy atom. The van der Waals surface area contributed by atoms with Crippen LogP contribution in [-0.4, -0.2) is 32.1 Å². The standard InChI is InChI=1S/C14H17N3O3S2.ClH/c1-22(19,20)11-4-2-10(3-5-11)8-16-14(18)12-9-21-13(17-12)6-7-15;/h2-5,9H,6-8,15H2,1H3,(H,16,18);1H. The van der Waals surface area contributed by atoms with Gasteiger partial charge in [-0.1, -0.05) is 12.1 Å². The average molecular weight is 376 g/mol. The van der Waals surface area contributed by atoms with Gasteiger partial charge in [0.05, 0.1) is 9.90 Å². The van der Waals surface area contributed by atoms with E-state index in [9.17, 15) is 13.2 Å². The van der Waals surface area contributed by atoms with E-state index in [-0.39, 0.29) is 23.2 Å². The van der Waals surface area contributed by atoms with E-state index >= 15 is 0 Å². The van der Waals surface area contributed by atoms with Crippen molar-refractivity contribution in [1.82, 2.24) is 10.3 Å². The number of nitrogens with one attached hydrogen (secondary N) is 1. The molecule has 0 aliphatic rings. The summed E-state index contributed by atoms with van der Waals surface area (Å²) < 4.78 is 22.7. The zero-order valence-electron chi connectivity index (χ0n) is 12.5. The Hall–Kier alpha value is -1.48. The molecule has 2 rings (SSSR count). The number of benzene rings is 1. The highest BCUT2D eigenvalue weighted by molar-refractivity contribution is 7.90. The van der Waals surface area contributed by atoms with Crippen LogP contribution in [0.2, 0.25) is 0 Å². The molecule has 23 heavy (non-hydrogen) atoms. The van der Waals surface area contributed by atoms with Crippen LogP contribution in [-0.2, 0) is 22.8 Å². The van der Waals surface area contributed by atoms with E-state index in [0.717, 1.165) is 16.8 Å². The van der Waals surface area contributed by atoms with Crippen LogP contribution in [0.25, 0.3) is 0 Å². The number of hydrogen-bond donors (Lipinski definition) is 2. The lowest BCUT2D eigenvalue weighted by atomic mass is 10.2.